The van der Waals surface area contributed by atoms with Gasteiger partial charge in [-0.2, -0.15) is 11.8 Å². The van der Waals surface area contributed by atoms with Crippen molar-refractivity contribution in [2.45, 2.75) is 17.6 Å². The van der Waals surface area contributed by atoms with Gasteiger partial charge in [0.05, 0.1) is 0 Å². The second-order valence-electron chi connectivity index (χ2n) is 4.40. The van der Waals surface area contributed by atoms with E-state index in [1.807, 2.05) is 43.1 Å². The van der Waals surface area contributed by atoms with Gasteiger partial charge in [-0.25, -0.2) is 0 Å². The third-order valence-corrected chi connectivity index (χ3v) is 4.67. The molecule has 2 N–H and O–H groups in total. The Labute approximate surface area is 106 Å². The summed E-state index contributed by atoms with van der Waals surface area (Å²) in [5, 5.41) is 6.04. The van der Waals surface area contributed by atoms with Crippen LogP contribution in [0.25, 0.3) is 0 Å². The third-order valence-electron chi connectivity index (χ3n) is 3.25. The minimum Gasteiger partial charge on any atom is -0.388 e. The van der Waals surface area contributed by atoms with Gasteiger partial charge in [-0.15, -0.1) is 0 Å². The Bertz CT molecular complexity index is 398. The summed E-state index contributed by atoms with van der Waals surface area (Å²) in [6, 6.07) is 7.52. The first-order chi connectivity index (χ1) is 8.19. The average molecular weight is 250 g/mol. The highest BCUT2D eigenvalue weighted by atomic mass is 32.2. The third kappa shape index (κ3) is 2.94. The van der Waals surface area contributed by atoms with Crippen molar-refractivity contribution < 1.29 is 4.79 Å². The number of hydrogen-bond acceptors (Lipinski definition) is 3. The van der Waals surface area contributed by atoms with Gasteiger partial charge in [-0.1, -0.05) is 0 Å². The second kappa shape index (κ2) is 5.00. The Kier molecular flexibility index (Phi) is 3.62. The minimum absolute atomic E-state index is 0.0213. The van der Waals surface area contributed by atoms with E-state index in [9.17, 15) is 4.79 Å². The van der Waals surface area contributed by atoms with Gasteiger partial charge in [-0.05, 0) is 43.4 Å². The SMILES string of the molecule is CNc1ccc(C(=O)NCC2(SC)CC2)cc1. The molecule has 1 aliphatic carbocycles. The molecule has 1 aliphatic rings. The van der Waals surface area contributed by atoms with E-state index in [-0.39, 0.29) is 5.91 Å². The first kappa shape index (κ1) is 12.3. The van der Waals surface area contributed by atoms with Gasteiger partial charge in [0.25, 0.3) is 5.91 Å². The van der Waals surface area contributed by atoms with Crippen LogP contribution in [0.1, 0.15) is 23.2 Å². The average Bonchev–Trinajstić information content (AvgIpc) is 3.17. The van der Waals surface area contributed by atoms with E-state index in [1.165, 1.54) is 12.8 Å². The fraction of sp³-hybridized carbons (Fsp3) is 0.462. The van der Waals surface area contributed by atoms with Gasteiger partial charge in [0.15, 0.2) is 0 Å². The van der Waals surface area contributed by atoms with Crippen molar-refractivity contribution in [1.29, 1.82) is 0 Å². The summed E-state index contributed by atoms with van der Waals surface area (Å²) >= 11 is 1.86. The van der Waals surface area contributed by atoms with E-state index in [4.69, 9.17) is 0 Å². The quantitative estimate of drug-likeness (QED) is 0.843. The van der Waals surface area contributed by atoms with Crippen LogP contribution in [-0.4, -0.2) is 30.5 Å². The molecule has 17 heavy (non-hydrogen) atoms. The normalized spacial score (nSPS) is 16.4. The monoisotopic (exact) mass is 250 g/mol. The van der Waals surface area contributed by atoms with Crippen LogP contribution in [0.4, 0.5) is 5.69 Å². The predicted octanol–water partition coefficient (Wildman–Crippen LogP) is 2.35. The highest BCUT2D eigenvalue weighted by Crippen LogP contribution is 2.46. The number of nitrogens with one attached hydrogen (secondary N) is 2. The molecule has 0 atom stereocenters. The van der Waals surface area contributed by atoms with Gasteiger partial charge in [0.1, 0.15) is 0 Å². The van der Waals surface area contributed by atoms with Crippen molar-refractivity contribution in [2.24, 2.45) is 0 Å². The lowest BCUT2D eigenvalue weighted by Gasteiger charge is -2.13. The topological polar surface area (TPSA) is 41.1 Å². The molecule has 2 rings (SSSR count). The minimum atomic E-state index is 0.0213. The summed E-state index contributed by atoms with van der Waals surface area (Å²) in [6.07, 6.45) is 4.54. The molecular weight excluding hydrogens is 232 g/mol. The molecule has 1 saturated carbocycles. The molecule has 0 aliphatic heterocycles. The number of hydrogen-bond donors (Lipinski definition) is 2. The molecule has 92 valence electrons. The molecule has 0 unspecified atom stereocenters. The maximum absolute atomic E-state index is 11.9. The molecule has 1 aromatic rings. The van der Waals surface area contributed by atoms with E-state index < -0.39 is 0 Å². The van der Waals surface area contributed by atoms with Crippen LogP contribution < -0.4 is 10.6 Å². The Morgan fingerprint density at radius 1 is 1.35 bits per heavy atom. The van der Waals surface area contributed by atoms with Crippen molar-refractivity contribution in [2.75, 3.05) is 25.2 Å². The van der Waals surface area contributed by atoms with Crippen molar-refractivity contribution in [3.63, 3.8) is 0 Å². The second-order valence-corrected chi connectivity index (χ2v) is 5.67. The van der Waals surface area contributed by atoms with Crippen molar-refractivity contribution in [3.8, 4) is 0 Å². The molecule has 0 aromatic heterocycles. The molecule has 3 nitrogen and oxygen atoms in total. The Balaban J connectivity index is 1.90. The molecule has 1 aromatic carbocycles. The number of carbonyl (C=O) groups excluding carboxylic acids is 1. The molecule has 1 fully saturated rings. The summed E-state index contributed by atoms with van der Waals surface area (Å²) in [6.45, 7) is 0.779. The van der Waals surface area contributed by atoms with E-state index in [1.54, 1.807) is 0 Å². The number of benzene rings is 1. The van der Waals surface area contributed by atoms with Crippen LogP contribution in [0.5, 0.6) is 0 Å². The lowest BCUT2D eigenvalue weighted by molar-refractivity contribution is 0.0953. The van der Waals surface area contributed by atoms with E-state index in [2.05, 4.69) is 16.9 Å². The number of thioether (sulfide) groups is 1. The molecule has 0 heterocycles. The number of anilines is 1. The number of carbonyl (C=O) groups is 1. The molecule has 4 heteroatoms. The van der Waals surface area contributed by atoms with Crippen molar-refractivity contribution in [3.05, 3.63) is 29.8 Å². The lowest BCUT2D eigenvalue weighted by Crippen LogP contribution is -2.31. The number of amides is 1. The summed E-state index contributed by atoms with van der Waals surface area (Å²) in [5.41, 5.74) is 1.74. The zero-order chi connectivity index (χ0) is 12.3. The summed E-state index contributed by atoms with van der Waals surface area (Å²) in [5.74, 6) is 0.0213. The highest BCUT2D eigenvalue weighted by molar-refractivity contribution is 8.00. The van der Waals surface area contributed by atoms with Crippen LogP contribution >= 0.6 is 11.8 Å². The molecule has 1 amide bonds. The maximum Gasteiger partial charge on any atom is 0.251 e. The molecular formula is C13H18N2OS. The van der Waals surface area contributed by atoms with Gasteiger partial charge in [0.2, 0.25) is 0 Å². The maximum atomic E-state index is 11.9. The van der Waals surface area contributed by atoms with Crippen LogP contribution in [0.15, 0.2) is 24.3 Å². The smallest absolute Gasteiger partial charge is 0.251 e. The predicted molar refractivity (Wildman–Crippen MR) is 73.8 cm³/mol. The lowest BCUT2D eigenvalue weighted by atomic mass is 10.2. The van der Waals surface area contributed by atoms with Crippen LogP contribution in [-0.2, 0) is 0 Å². The van der Waals surface area contributed by atoms with Gasteiger partial charge in [0, 0.05) is 29.6 Å². The Morgan fingerprint density at radius 3 is 2.47 bits per heavy atom. The number of rotatable bonds is 5. The molecule has 0 saturated heterocycles. The first-order valence-electron chi connectivity index (χ1n) is 5.80. The summed E-state index contributed by atoms with van der Waals surface area (Å²) in [7, 11) is 1.87. The molecule has 0 bridgehead atoms. The summed E-state index contributed by atoms with van der Waals surface area (Å²) < 4.78 is 0.320. The molecule has 0 radical (unpaired) electrons. The fourth-order valence-corrected chi connectivity index (χ4v) is 2.45. The Morgan fingerprint density at radius 2 is 2.00 bits per heavy atom. The van der Waals surface area contributed by atoms with Crippen LogP contribution in [0, 0.1) is 0 Å². The van der Waals surface area contributed by atoms with E-state index in [0.717, 1.165) is 17.8 Å². The zero-order valence-corrected chi connectivity index (χ0v) is 11.1. The van der Waals surface area contributed by atoms with Crippen LogP contribution in [0.2, 0.25) is 0 Å². The summed E-state index contributed by atoms with van der Waals surface area (Å²) in [4.78, 5) is 11.9. The van der Waals surface area contributed by atoms with Gasteiger partial charge >= 0.3 is 0 Å². The fourth-order valence-electron chi connectivity index (χ4n) is 1.72. The van der Waals surface area contributed by atoms with Gasteiger partial charge in [-0.3, -0.25) is 4.79 Å². The zero-order valence-electron chi connectivity index (χ0n) is 10.2. The van der Waals surface area contributed by atoms with Crippen molar-refractivity contribution >= 4 is 23.4 Å². The Hall–Kier alpha value is -1.16. The van der Waals surface area contributed by atoms with Gasteiger partial charge < -0.3 is 10.6 Å². The first-order valence-corrected chi connectivity index (χ1v) is 7.03. The molecule has 0 spiro atoms. The highest BCUT2D eigenvalue weighted by Gasteiger charge is 2.41. The largest absolute Gasteiger partial charge is 0.388 e. The standard InChI is InChI=1S/C13H18N2OS/c1-14-11-5-3-10(4-6-11)12(16)15-9-13(17-2)7-8-13/h3-6,14H,7-9H2,1-2H3,(H,15,16). The van der Waals surface area contributed by atoms with Crippen molar-refractivity contribution in [1.82, 2.24) is 5.32 Å². The van der Waals surface area contributed by atoms with E-state index >= 15 is 0 Å². The van der Waals surface area contributed by atoms with Crippen LogP contribution in [0.3, 0.4) is 0 Å². The van der Waals surface area contributed by atoms with E-state index in [0.29, 0.717) is 4.75 Å².